The largest absolute Gasteiger partial charge is 0.496 e. The van der Waals surface area contributed by atoms with Crippen LogP contribution in [-0.4, -0.2) is 23.1 Å². The van der Waals surface area contributed by atoms with Crippen LogP contribution < -0.4 is 15.4 Å². The highest BCUT2D eigenvalue weighted by atomic mass is 32.1. The number of aryl methyl sites for hydroxylation is 1. The summed E-state index contributed by atoms with van der Waals surface area (Å²) in [5.41, 5.74) is 3.01. The number of carbonyl (C=O) groups is 1. The highest BCUT2D eigenvalue weighted by Crippen LogP contribution is 2.22. The molecule has 1 heterocycles. The number of pyridine rings is 1. The van der Waals surface area contributed by atoms with Gasteiger partial charge in [0.05, 0.1) is 18.2 Å². The van der Waals surface area contributed by atoms with Gasteiger partial charge in [-0.3, -0.25) is 15.1 Å². The lowest BCUT2D eigenvalue weighted by Crippen LogP contribution is -2.34. The number of methoxy groups -OCH3 is 1. The van der Waals surface area contributed by atoms with E-state index in [0.29, 0.717) is 11.3 Å². The van der Waals surface area contributed by atoms with Crippen molar-refractivity contribution in [3.05, 3.63) is 65.9 Å². The van der Waals surface area contributed by atoms with Crippen LogP contribution in [0.3, 0.4) is 0 Å². The first-order valence-corrected chi connectivity index (χ1v) is 8.11. The van der Waals surface area contributed by atoms with Gasteiger partial charge in [-0.15, -0.1) is 0 Å². The van der Waals surface area contributed by atoms with Gasteiger partial charge in [-0.25, -0.2) is 0 Å². The number of ether oxygens (including phenoxy) is 1. The Kier molecular flexibility index (Phi) is 4.90. The molecule has 2 aromatic carbocycles. The minimum Gasteiger partial charge on any atom is -0.496 e. The van der Waals surface area contributed by atoms with E-state index in [1.807, 2.05) is 37.3 Å². The molecule has 2 N–H and O–H groups in total. The monoisotopic (exact) mass is 351 g/mol. The molecule has 126 valence electrons. The van der Waals surface area contributed by atoms with Crippen LogP contribution >= 0.6 is 12.2 Å². The summed E-state index contributed by atoms with van der Waals surface area (Å²) in [6.45, 7) is 1.94. The summed E-state index contributed by atoms with van der Waals surface area (Å²) in [6, 6.07) is 16.6. The summed E-state index contributed by atoms with van der Waals surface area (Å²) in [7, 11) is 1.52. The van der Waals surface area contributed by atoms with Crippen LogP contribution in [0.15, 0.2) is 54.6 Å². The van der Waals surface area contributed by atoms with Gasteiger partial charge in [-0.2, -0.15) is 0 Å². The van der Waals surface area contributed by atoms with Gasteiger partial charge in [-0.1, -0.05) is 18.2 Å². The molecule has 0 unspecified atom stereocenters. The third-order valence-electron chi connectivity index (χ3n) is 3.70. The van der Waals surface area contributed by atoms with Gasteiger partial charge in [-0.05, 0) is 55.5 Å². The van der Waals surface area contributed by atoms with Crippen LogP contribution in [0.5, 0.6) is 5.75 Å². The summed E-state index contributed by atoms with van der Waals surface area (Å²) < 4.78 is 5.20. The molecule has 0 radical (unpaired) electrons. The van der Waals surface area contributed by atoms with Gasteiger partial charge in [0.1, 0.15) is 5.75 Å². The first-order valence-electron chi connectivity index (χ1n) is 7.70. The molecule has 0 aliphatic carbocycles. The van der Waals surface area contributed by atoms with Gasteiger partial charge >= 0.3 is 0 Å². The molecule has 1 aromatic heterocycles. The van der Waals surface area contributed by atoms with E-state index in [1.54, 1.807) is 24.3 Å². The Hall–Kier alpha value is -2.99. The van der Waals surface area contributed by atoms with Crippen molar-refractivity contribution < 1.29 is 9.53 Å². The number of nitrogens with zero attached hydrogens (tertiary/aromatic N) is 1. The van der Waals surface area contributed by atoms with Crippen molar-refractivity contribution in [1.82, 2.24) is 10.3 Å². The molecule has 1 amide bonds. The number of benzene rings is 2. The van der Waals surface area contributed by atoms with E-state index < -0.39 is 0 Å². The molecular formula is C19H17N3O2S. The summed E-state index contributed by atoms with van der Waals surface area (Å²) in [6.07, 6.45) is 0. The van der Waals surface area contributed by atoms with Crippen LogP contribution in [0.25, 0.3) is 10.9 Å². The number of rotatable bonds is 3. The topological polar surface area (TPSA) is 63.2 Å². The van der Waals surface area contributed by atoms with E-state index in [2.05, 4.69) is 15.6 Å². The average molecular weight is 351 g/mol. The molecule has 6 heteroatoms. The van der Waals surface area contributed by atoms with Crippen molar-refractivity contribution >= 4 is 39.8 Å². The Labute approximate surface area is 151 Å². The maximum Gasteiger partial charge on any atom is 0.261 e. The van der Waals surface area contributed by atoms with Gasteiger partial charge in [0.2, 0.25) is 0 Å². The third-order valence-corrected chi connectivity index (χ3v) is 3.90. The fourth-order valence-corrected chi connectivity index (χ4v) is 2.72. The number of amides is 1. The Morgan fingerprint density at radius 3 is 2.68 bits per heavy atom. The van der Waals surface area contributed by atoms with E-state index in [1.165, 1.54) is 7.11 Å². The Morgan fingerprint density at radius 1 is 1.08 bits per heavy atom. The summed E-state index contributed by atoms with van der Waals surface area (Å²) in [4.78, 5) is 16.9. The second kappa shape index (κ2) is 7.27. The van der Waals surface area contributed by atoms with Crippen LogP contribution in [0, 0.1) is 6.92 Å². The van der Waals surface area contributed by atoms with Crippen molar-refractivity contribution in [1.29, 1.82) is 0 Å². The number of aromatic nitrogens is 1. The molecular weight excluding hydrogens is 334 g/mol. The number of thiocarbonyl (C=S) groups is 1. The van der Waals surface area contributed by atoms with E-state index in [0.717, 1.165) is 22.3 Å². The predicted molar refractivity (Wildman–Crippen MR) is 103 cm³/mol. The molecule has 0 spiro atoms. The molecule has 0 fully saturated rings. The van der Waals surface area contributed by atoms with Gasteiger partial charge in [0.25, 0.3) is 5.91 Å². The van der Waals surface area contributed by atoms with Crippen molar-refractivity contribution in [3.8, 4) is 5.75 Å². The third kappa shape index (κ3) is 3.75. The molecule has 0 aliphatic heterocycles. The maximum absolute atomic E-state index is 12.4. The number of anilines is 1. The molecule has 0 aliphatic rings. The fourth-order valence-electron chi connectivity index (χ4n) is 2.52. The van der Waals surface area contributed by atoms with Crippen molar-refractivity contribution in [2.75, 3.05) is 12.4 Å². The number of hydrogen-bond acceptors (Lipinski definition) is 4. The van der Waals surface area contributed by atoms with Gasteiger partial charge < -0.3 is 10.1 Å². The SMILES string of the molecule is COc1ccccc1C(=O)NC(=S)Nc1cccc2nc(C)ccc12. The molecule has 0 atom stereocenters. The summed E-state index contributed by atoms with van der Waals surface area (Å²) in [5, 5.41) is 6.88. The second-order valence-corrected chi connectivity index (χ2v) is 5.84. The fraction of sp³-hybridized carbons (Fsp3) is 0.105. The number of fused-ring (bicyclic) bond motifs is 1. The molecule has 0 bridgehead atoms. The van der Waals surface area contributed by atoms with Gasteiger partial charge in [0, 0.05) is 16.8 Å². The normalized spacial score (nSPS) is 10.3. The number of carbonyl (C=O) groups excluding carboxylic acids is 1. The van der Waals surface area contributed by atoms with Crippen LogP contribution in [-0.2, 0) is 0 Å². The lowest BCUT2D eigenvalue weighted by atomic mass is 10.1. The number of hydrogen-bond donors (Lipinski definition) is 2. The van der Waals surface area contributed by atoms with E-state index >= 15 is 0 Å². The van der Waals surface area contributed by atoms with Gasteiger partial charge in [0.15, 0.2) is 5.11 Å². The van der Waals surface area contributed by atoms with Crippen molar-refractivity contribution in [2.24, 2.45) is 0 Å². The lowest BCUT2D eigenvalue weighted by Gasteiger charge is -2.13. The quantitative estimate of drug-likeness (QED) is 0.705. The van der Waals surface area contributed by atoms with E-state index in [-0.39, 0.29) is 11.0 Å². The van der Waals surface area contributed by atoms with Crippen molar-refractivity contribution in [3.63, 3.8) is 0 Å². The first-order chi connectivity index (χ1) is 12.1. The average Bonchev–Trinajstić information content (AvgIpc) is 2.61. The van der Waals surface area contributed by atoms with Crippen LogP contribution in [0.4, 0.5) is 5.69 Å². The van der Waals surface area contributed by atoms with Crippen LogP contribution in [0.1, 0.15) is 16.1 Å². The minimum atomic E-state index is -0.329. The zero-order valence-corrected chi connectivity index (χ0v) is 14.7. The molecule has 5 nitrogen and oxygen atoms in total. The Bertz CT molecular complexity index is 956. The zero-order chi connectivity index (χ0) is 17.8. The number of para-hydroxylation sites is 1. The minimum absolute atomic E-state index is 0.212. The Balaban J connectivity index is 1.78. The lowest BCUT2D eigenvalue weighted by molar-refractivity contribution is 0.0975. The van der Waals surface area contributed by atoms with Crippen molar-refractivity contribution in [2.45, 2.75) is 6.92 Å². The molecule has 3 rings (SSSR count). The molecule has 0 saturated heterocycles. The molecule has 0 saturated carbocycles. The molecule has 3 aromatic rings. The summed E-state index contributed by atoms with van der Waals surface area (Å²) >= 11 is 5.28. The van der Waals surface area contributed by atoms with Crippen LogP contribution in [0.2, 0.25) is 0 Å². The summed E-state index contributed by atoms with van der Waals surface area (Å²) in [5.74, 6) is 0.164. The zero-order valence-electron chi connectivity index (χ0n) is 13.9. The predicted octanol–water partition coefficient (Wildman–Crippen LogP) is 3.68. The second-order valence-electron chi connectivity index (χ2n) is 5.43. The maximum atomic E-state index is 12.4. The number of nitrogens with one attached hydrogen (secondary N) is 2. The molecule has 25 heavy (non-hydrogen) atoms. The highest BCUT2D eigenvalue weighted by Gasteiger charge is 2.13. The Morgan fingerprint density at radius 2 is 1.88 bits per heavy atom. The standard InChI is InChI=1S/C19H17N3O2S/c1-12-10-11-13-15(20-12)7-5-8-16(13)21-19(25)22-18(23)14-6-3-4-9-17(14)24-2/h3-11H,1-2H3,(H2,21,22,23,25). The highest BCUT2D eigenvalue weighted by molar-refractivity contribution is 7.80. The smallest absolute Gasteiger partial charge is 0.261 e. The van der Waals surface area contributed by atoms with E-state index in [9.17, 15) is 4.79 Å². The first kappa shape index (κ1) is 16.9. The van der Waals surface area contributed by atoms with E-state index in [4.69, 9.17) is 17.0 Å².